The van der Waals surface area contributed by atoms with Crippen molar-refractivity contribution in [2.45, 2.75) is 26.7 Å². The van der Waals surface area contributed by atoms with E-state index < -0.39 is 0 Å². The Morgan fingerprint density at radius 2 is 2.36 bits per heavy atom. The molecule has 0 N–H and O–H groups in total. The van der Waals surface area contributed by atoms with E-state index in [4.69, 9.17) is 4.74 Å². The molecule has 0 aliphatic heterocycles. The molecule has 0 fully saturated rings. The van der Waals surface area contributed by atoms with Gasteiger partial charge in [0.25, 0.3) is 6.07 Å². The van der Waals surface area contributed by atoms with Gasteiger partial charge in [-0.05, 0) is 6.42 Å². The fraction of sp³-hybridized carbons (Fsp3) is 0.750. The van der Waals surface area contributed by atoms with Gasteiger partial charge in [-0.25, -0.2) is 4.79 Å². The van der Waals surface area contributed by atoms with Crippen LogP contribution < -0.4 is 0 Å². The smallest absolute Gasteiger partial charge is 0.391 e. The van der Waals surface area contributed by atoms with Crippen molar-refractivity contribution in [2.75, 3.05) is 13.2 Å². The lowest BCUT2D eigenvalue weighted by atomic mass is 10.4. The standard InChI is InChI=1S/C8H14NO2/c1-3-5-6-11-8(10)7-9-4-2/h3,5-7H2,1-2H3/q+1. The fourth-order valence-electron chi connectivity index (χ4n) is 0.520. The third kappa shape index (κ3) is 6.85. The molecule has 0 aromatic carbocycles. The molecule has 3 nitrogen and oxygen atoms in total. The van der Waals surface area contributed by atoms with Crippen molar-refractivity contribution in [3.8, 4) is 6.07 Å². The summed E-state index contributed by atoms with van der Waals surface area (Å²) in [5.74, 6) is -0.271. The van der Waals surface area contributed by atoms with Crippen LogP contribution in [0.25, 0.3) is 4.85 Å². The molecule has 0 aliphatic rings. The zero-order valence-corrected chi connectivity index (χ0v) is 7.09. The first kappa shape index (κ1) is 9.96. The predicted molar refractivity (Wildman–Crippen MR) is 43.7 cm³/mol. The number of ether oxygens (including phenoxy) is 1. The number of carbonyl (C=O) groups excluding carboxylic acids is 1. The van der Waals surface area contributed by atoms with Crippen LogP contribution >= 0.6 is 0 Å². The molecular weight excluding hydrogens is 142 g/mol. The summed E-state index contributed by atoms with van der Waals surface area (Å²) in [5.41, 5.74) is 0. The van der Waals surface area contributed by atoms with Gasteiger partial charge < -0.3 is 4.74 Å². The molecular formula is C8H14NO2+. The van der Waals surface area contributed by atoms with E-state index in [1.54, 1.807) is 6.92 Å². The Morgan fingerprint density at radius 3 is 2.91 bits per heavy atom. The van der Waals surface area contributed by atoms with E-state index in [9.17, 15) is 4.79 Å². The van der Waals surface area contributed by atoms with Crippen LogP contribution in [-0.2, 0) is 9.53 Å². The number of hydrogen-bond donors (Lipinski definition) is 0. The van der Waals surface area contributed by atoms with Gasteiger partial charge in [-0.1, -0.05) is 18.2 Å². The number of rotatable bonds is 4. The summed E-state index contributed by atoms with van der Waals surface area (Å²) >= 11 is 0. The topological polar surface area (TPSA) is 30.7 Å². The van der Waals surface area contributed by atoms with Crippen LogP contribution in [0.3, 0.4) is 0 Å². The summed E-state index contributed by atoms with van der Waals surface area (Å²) in [7, 11) is 0. The monoisotopic (exact) mass is 156 g/mol. The van der Waals surface area contributed by atoms with Crippen LogP contribution in [0, 0.1) is 6.07 Å². The molecule has 0 rings (SSSR count). The van der Waals surface area contributed by atoms with Gasteiger partial charge >= 0.3 is 12.5 Å². The van der Waals surface area contributed by atoms with E-state index in [0.29, 0.717) is 6.61 Å². The molecule has 3 heteroatoms. The highest BCUT2D eigenvalue weighted by Gasteiger charge is 2.06. The van der Waals surface area contributed by atoms with Crippen LogP contribution in [0.4, 0.5) is 0 Å². The molecule has 0 saturated heterocycles. The Bertz CT molecular complexity index is 167. The highest BCUT2D eigenvalue weighted by molar-refractivity contribution is 5.73. The molecule has 0 aromatic heterocycles. The van der Waals surface area contributed by atoms with Crippen molar-refractivity contribution < 1.29 is 9.53 Å². The van der Waals surface area contributed by atoms with E-state index in [1.807, 2.05) is 6.92 Å². The Balaban J connectivity index is 3.27. The Kier molecular flexibility index (Phi) is 6.40. The molecule has 0 bridgehead atoms. The van der Waals surface area contributed by atoms with Crippen LogP contribution in [0.15, 0.2) is 0 Å². The molecule has 0 atom stereocenters. The van der Waals surface area contributed by atoms with Crippen molar-refractivity contribution in [1.29, 1.82) is 0 Å². The maximum Gasteiger partial charge on any atom is 0.391 e. The molecule has 11 heavy (non-hydrogen) atoms. The molecule has 0 spiro atoms. The summed E-state index contributed by atoms with van der Waals surface area (Å²) in [5, 5.41) is 0. The minimum Gasteiger partial charge on any atom is -0.460 e. The summed E-state index contributed by atoms with van der Waals surface area (Å²) in [6.45, 7) is 4.31. The third-order valence-corrected chi connectivity index (χ3v) is 1.13. The summed E-state index contributed by atoms with van der Waals surface area (Å²) in [4.78, 5) is 14.3. The number of hydrogen-bond acceptors (Lipinski definition) is 2. The molecule has 0 amide bonds. The first-order chi connectivity index (χ1) is 5.31. The predicted octanol–water partition coefficient (Wildman–Crippen LogP) is 1.68. The highest BCUT2D eigenvalue weighted by atomic mass is 16.5. The average molecular weight is 156 g/mol. The van der Waals surface area contributed by atoms with Gasteiger partial charge in [0, 0.05) is 0 Å². The van der Waals surface area contributed by atoms with Crippen molar-refractivity contribution in [2.24, 2.45) is 0 Å². The zero-order chi connectivity index (χ0) is 8.53. The van der Waals surface area contributed by atoms with Crippen molar-refractivity contribution >= 4 is 5.97 Å². The Labute approximate surface area is 67.2 Å². The number of carbonyl (C=O) groups is 1. The first-order valence-electron chi connectivity index (χ1n) is 3.80. The molecule has 0 aromatic rings. The van der Waals surface area contributed by atoms with Gasteiger partial charge in [-0.3, -0.25) is 0 Å². The molecule has 0 saturated carbocycles. The SMILES string of the molecule is CC#[N+]CC(=O)OCCCC. The second-order valence-corrected chi connectivity index (χ2v) is 2.11. The average Bonchev–Trinajstić information content (AvgIpc) is 2.01. The van der Waals surface area contributed by atoms with E-state index >= 15 is 0 Å². The lowest BCUT2D eigenvalue weighted by Gasteiger charge is -1.96. The number of unbranched alkanes of at least 4 members (excludes halogenated alkanes) is 1. The van der Waals surface area contributed by atoms with Gasteiger partial charge in [0.05, 0.1) is 13.5 Å². The van der Waals surface area contributed by atoms with Gasteiger partial charge in [0.1, 0.15) is 0 Å². The maximum atomic E-state index is 10.7. The Hall–Kier alpha value is -1.04. The van der Waals surface area contributed by atoms with Crippen LogP contribution in [-0.4, -0.2) is 19.1 Å². The minimum absolute atomic E-state index is 0.0974. The summed E-state index contributed by atoms with van der Waals surface area (Å²) in [6, 6.07) is 2.51. The van der Waals surface area contributed by atoms with E-state index in [2.05, 4.69) is 10.9 Å². The first-order valence-corrected chi connectivity index (χ1v) is 3.80. The molecule has 0 aliphatic carbocycles. The highest BCUT2D eigenvalue weighted by Crippen LogP contribution is 1.88. The second kappa shape index (κ2) is 7.07. The second-order valence-electron chi connectivity index (χ2n) is 2.11. The fourth-order valence-corrected chi connectivity index (χ4v) is 0.520. The maximum absolute atomic E-state index is 10.7. The number of nitrogens with zero attached hydrogens (tertiary/aromatic N) is 1. The van der Waals surface area contributed by atoms with Gasteiger partial charge in [0.15, 0.2) is 0 Å². The van der Waals surface area contributed by atoms with Crippen molar-refractivity contribution in [3.05, 3.63) is 4.85 Å². The summed E-state index contributed by atoms with van der Waals surface area (Å²) < 4.78 is 4.81. The Morgan fingerprint density at radius 1 is 1.64 bits per heavy atom. The van der Waals surface area contributed by atoms with Crippen molar-refractivity contribution in [1.82, 2.24) is 0 Å². The van der Waals surface area contributed by atoms with Gasteiger partial charge in [-0.15, -0.1) is 0 Å². The van der Waals surface area contributed by atoms with Crippen LogP contribution in [0.1, 0.15) is 26.7 Å². The molecule has 0 heterocycles. The lowest BCUT2D eigenvalue weighted by Crippen LogP contribution is -2.07. The van der Waals surface area contributed by atoms with Crippen LogP contribution in [0.5, 0.6) is 0 Å². The number of esters is 1. The van der Waals surface area contributed by atoms with Crippen LogP contribution in [0.2, 0.25) is 0 Å². The molecule has 62 valence electrons. The largest absolute Gasteiger partial charge is 0.460 e. The summed E-state index contributed by atoms with van der Waals surface area (Å²) in [6.07, 6.45) is 1.96. The van der Waals surface area contributed by atoms with E-state index in [-0.39, 0.29) is 12.5 Å². The van der Waals surface area contributed by atoms with Gasteiger partial charge in [-0.2, -0.15) is 0 Å². The lowest BCUT2D eigenvalue weighted by molar-refractivity contribution is -0.141. The van der Waals surface area contributed by atoms with E-state index in [0.717, 1.165) is 12.8 Å². The van der Waals surface area contributed by atoms with Gasteiger partial charge in [0.2, 0.25) is 0 Å². The molecule has 0 unspecified atom stereocenters. The quantitative estimate of drug-likeness (QED) is 0.458. The molecule has 0 radical (unpaired) electrons. The van der Waals surface area contributed by atoms with Crippen molar-refractivity contribution in [3.63, 3.8) is 0 Å². The zero-order valence-electron chi connectivity index (χ0n) is 7.09. The normalized spacial score (nSPS) is 8.18. The third-order valence-electron chi connectivity index (χ3n) is 1.13. The van der Waals surface area contributed by atoms with E-state index in [1.165, 1.54) is 0 Å². The minimum atomic E-state index is -0.271.